The van der Waals surface area contributed by atoms with E-state index in [0.29, 0.717) is 0 Å². The predicted molar refractivity (Wildman–Crippen MR) is 89.3 cm³/mol. The standard InChI is InChI=1S/C16H15BrN2S/c1-2-18-15(16-13(17)8-10-20-16)12-7-9-19-14-6-4-3-5-11(12)14/h3-10,15,18H,2H2,1H3. The van der Waals surface area contributed by atoms with Crippen LogP contribution in [0.15, 0.2) is 52.4 Å². The molecule has 0 radical (unpaired) electrons. The van der Waals surface area contributed by atoms with Crippen LogP contribution in [0.4, 0.5) is 0 Å². The maximum Gasteiger partial charge on any atom is 0.0705 e. The Balaban J connectivity index is 2.17. The molecule has 2 heterocycles. The zero-order valence-electron chi connectivity index (χ0n) is 11.1. The topological polar surface area (TPSA) is 24.9 Å². The average molecular weight is 347 g/mol. The quantitative estimate of drug-likeness (QED) is 0.736. The van der Waals surface area contributed by atoms with E-state index < -0.39 is 0 Å². The van der Waals surface area contributed by atoms with Gasteiger partial charge in [0.05, 0.1) is 11.6 Å². The smallest absolute Gasteiger partial charge is 0.0705 e. The number of hydrogen-bond donors (Lipinski definition) is 1. The second kappa shape index (κ2) is 6.04. The minimum absolute atomic E-state index is 0.197. The lowest BCUT2D eigenvalue weighted by atomic mass is 10.0. The van der Waals surface area contributed by atoms with Crippen molar-refractivity contribution in [3.8, 4) is 0 Å². The maximum absolute atomic E-state index is 4.45. The highest BCUT2D eigenvalue weighted by atomic mass is 79.9. The third kappa shape index (κ3) is 2.51. The van der Waals surface area contributed by atoms with Gasteiger partial charge in [-0.05, 0) is 51.6 Å². The first-order chi connectivity index (χ1) is 9.81. The highest BCUT2D eigenvalue weighted by Gasteiger charge is 2.19. The molecule has 20 heavy (non-hydrogen) atoms. The van der Waals surface area contributed by atoms with Crippen molar-refractivity contribution in [3.05, 3.63) is 62.9 Å². The molecule has 0 aliphatic carbocycles. The van der Waals surface area contributed by atoms with Crippen molar-refractivity contribution in [3.63, 3.8) is 0 Å². The SMILES string of the molecule is CCNC(c1sccc1Br)c1ccnc2ccccc12. The molecule has 102 valence electrons. The summed E-state index contributed by atoms with van der Waals surface area (Å²) in [5.41, 5.74) is 2.32. The van der Waals surface area contributed by atoms with Crippen molar-refractivity contribution in [2.24, 2.45) is 0 Å². The number of hydrogen-bond acceptors (Lipinski definition) is 3. The van der Waals surface area contributed by atoms with Gasteiger partial charge in [0.25, 0.3) is 0 Å². The third-order valence-corrected chi connectivity index (χ3v) is 5.24. The summed E-state index contributed by atoms with van der Waals surface area (Å²) in [5.74, 6) is 0. The Morgan fingerprint density at radius 2 is 2.10 bits per heavy atom. The predicted octanol–water partition coefficient (Wildman–Crippen LogP) is 4.76. The van der Waals surface area contributed by atoms with Gasteiger partial charge in [-0.3, -0.25) is 4.98 Å². The minimum atomic E-state index is 0.197. The summed E-state index contributed by atoms with van der Waals surface area (Å²) in [6.07, 6.45) is 1.89. The number of benzene rings is 1. The molecule has 1 aromatic carbocycles. The Bertz CT molecular complexity index is 718. The van der Waals surface area contributed by atoms with E-state index in [4.69, 9.17) is 0 Å². The van der Waals surface area contributed by atoms with Crippen LogP contribution in [0.25, 0.3) is 10.9 Å². The van der Waals surface area contributed by atoms with Crippen molar-refractivity contribution < 1.29 is 0 Å². The summed E-state index contributed by atoms with van der Waals surface area (Å²) < 4.78 is 1.16. The van der Waals surface area contributed by atoms with Crippen molar-refractivity contribution in [2.45, 2.75) is 13.0 Å². The molecule has 0 aliphatic heterocycles. The number of halogens is 1. The summed E-state index contributed by atoms with van der Waals surface area (Å²) in [7, 11) is 0. The van der Waals surface area contributed by atoms with Gasteiger partial charge in [0.1, 0.15) is 0 Å². The monoisotopic (exact) mass is 346 g/mol. The molecule has 2 aromatic heterocycles. The van der Waals surface area contributed by atoms with E-state index in [1.165, 1.54) is 15.8 Å². The van der Waals surface area contributed by atoms with Crippen LogP contribution in [0, 0.1) is 0 Å². The first-order valence-electron chi connectivity index (χ1n) is 6.61. The zero-order valence-corrected chi connectivity index (χ0v) is 13.5. The lowest BCUT2D eigenvalue weighted by Gasteiger charge is -2.19. The Morgan fingerprint density at radius 3 is 2.85 bits per heavy atom. The summed E-state index contributed by atoms with van der Waals surface area (Å²) in [4.78, 5) is 5.76. The Morgan fingerprint density at radius 1 is 1.25 bits per heavy atom. The molecule has 3 rings (SSSR count). The molecule has 0 spiro atoms. The largest absolute Gasteiger partial charge is 0.306 e. The molecule has 1 atom stereocenters. The van der Waals surface area contributed by atoms with Crippen LogP contribution < -0.4 is 5.32 Å². The first kappa shape index (κ1) is 13.7. The lowest BCUT2D eigenvalue weighted by molar-refractivity contribution is 0.641. The number of fused-ring (bicyclic) bond motifs is 1. The van der Waals surface area contributed by atoms with Crippen molar-refractivity contribution >= 4 is 38.2 Å². The molecule has 0 saturated heterocycles. The molecule has 2 nitrogen and oxygen atoms in total. The van der Waals surface area contributed by atoms with Crippen LogP contribution in [0.3, 0.4) is 0 Å². The third-order valence-electron chi connectivity index (χ3n) is 3.31. The normalized spacial score (nSPS) is 12.7. The van der Waals surface area contributed by atoms with Crippen LogP contribution >= 0.6 is 27.3 Å². The van der Waals surface area contributed by atoms with Gasteiger partial charge in [0.2, 0.25) is 0 Å². The molecule has 3 aromatic rings. The fourth-order valence-electron chi connectivity index (χ4n) is 2.43. The highest BCUT2D eigenvalue weighted by molar-refractivity contribution is 9.10. The van der Waals surface area contributed by atoms with Gasteiger partial charge in [-0.1, -0.05) is 25.1 Å². The highest BCUT2D eigenvalue weighted by Crippen LogP contribution is 2.35. The molecular weight excluding hydrogens is 332 g/mol. The van der Waals surface area contributed by atoms with Gasteiger partial charge < -0.3 is 5.32 Å². The summed E-state index contributed by atoms with van der Waals surface area (Å²) >= 11 is 5.42. The van der Waals surface area contributed by atoms with Crippen LogP contribution in [0.1, 0.15) is 23.4 Å². The van der Waals surface area contributed by atoms with Crippen molar-refractivity contribution in [1.82, 2.24) is 10.3 Å². The van der Waals surface area contributed by atoms with E-state index in [0.717, 1.165) is 16.5 Å². The van der Waals surface area contributed by atoms with E-state index >= 15 is 0 Å². The second-order valence-corrected chi connectivity index (χ2v) is 6.34. The van der Waals surface area contributed by atoms with Crippen LogP contribution in [-0.2, 0) is 0 Å². The fraction of sp³-hybridized carbons (Fsp3) is 0.188. The number of para-hydroxylation sites is 1. The fourth-order valence-corrected chi connectivity index (χ4v) is 4.12. The van der Waals surface area contributed by atoms with Crippen LogP contribution in [0.5, 0.6) is 0 Å². The maximum atomic E-state index is 4.45. The number of nitrogens with zero attached hydrogens (tertiary/aromatic N) is 1. The van der Waals surface area contributed by atoms with Gasteiger partial charge >= 0.3 is 0 Å². The molecule has 4 heteroatoms. The van der Waals surface area contributed by atoms with E-state index in [2.05, 4.69) is 68.9 Å². The molecule has 0 fully saturated rings. The van der Waals surface area contributed by atoms with Crippen LogP contribution in [0.2, 0.25) is 0 Å². The van der Waals surface area contributed by atoms with Gasteiger partial charge in [0.15, 0.2) is 0 Å². The summed E-state index contributed by atoms with van der Waals surface area (Å²) in [6, 6.07) is 12.7. The van der Waals surface area contributed by atoms with E-state index in [9.17, 15) is 0 Å². The van der Waals surface area contributed by atoms with Gasteiger partial charge in [-0.15, -0.1) is 11.3 Å². The Labute approximate surface area is 131 Å². The number of aromatic nitrogens is 1. The van der Waals surface area contributed by atoms with Gasteiger partial charge in [0, 0.05) is 20.9 Å². The van der Waals surface area contributed by atoms with Crippen LogP contribution in [-0.4, -0.2) is 11.5 Å². The van der Waals surface area contributed by atoms with E-state index in [-0.39, 0.29) is 6.04 Å². The van der Waals surface area contributed by atoms with Crippen molar-refractivity contribution in [2.75, 3.05) is 6.54 Å². The second-order valence-electron chi connectivity index (χ2n) is 4.54. The van der Waals surface area contributed by atoms with Gasteiger partial charge in [-0.25, -0.2) is 0 Å². The lowest BCUT2D eigenvalue weighted by Crippen LogP contribution is -2.21. The molecule has 0 amide bonds. The van der Waals surface area contributed by atoms with Crippen molar-refractivity contribution in [1.29, 1.82) is 0 Å². The Hall–Kier alpha value is -1.23. The molecule has 0 saturated carbocycles. The van der Waals surface area contributed by atoms with E-state index in [1.807, 2.05) is 12.3 Å². The van der Waals surface area contributed by atoms with E-state index in [1.54, 1.807) is 11.3 Å². The number of thiophene rings is 1. The molecule has 0 bridgehead atoms. The average Bonchev–Trinajstić information content (AvgIpc) is 2.90. The number of pyridine rings is 1. The summed E-state index contributed by atoms with van der Waals surface area (Å²) in [6.45, 7) is 3.06. The molecule has 0 aliphatic rings. The number of rotatable bonds is 4. The molecule has 1 N–H and O–H groups in total. The number of nitrogens with one attached hydrogen (secondary N) is 1. The van der Waals surface area contributed by atoms with Gasteiger partial charge in [-0.2, -0.15) is 0 Å². The minimum Gasteiger partial charge on any atom is -0.306 e. The Kier molecular flexibility index (Phi) is 4.15. The zero-order chi connectivity index (χ0) is 13.9. The molecular formula is C16H15BrN2S. The summed E-state index contributed by atoms with van der Waals surface area (Å²) in [5, 5.41) is 6.91. The molecule has 1 unspecified atom stereocenters. The first-order valence-corrected chi connectivity index (χ1v) is 8.28.